The largest absolute Gasteiger partial charge is 0.244 e. The van der Waals surface area contributed by atoms with Gasteiger partial charge in [0.05, 0.1) is 0 Å². The topological polar surface area (TPSA) is 0 Å². The van der Waals surface area contributed by atoms with Crippen LogP contribution < -0.4 is 0 Å². The van der Waals surface area contributed by atoms with Gasteiger partial charge in [0, 0.05) is 0 Å². The van der Waals surface area contributed by atoms with Crippen molar-refractivity contribution in [2.24, 2.45) is 11.3 Å². The first-order valence-corrected chi connectivity index (χ1v) is 5.18. The summed E-state index contributed by atoms with van der Waals surface area (Å²) in [6.07, 6.45) is 0.506. The standard InChI is InChI=1S/C11H20F2/c1-11(2,3)7-8-5-4-6-9(12)10(8)13/h8-10H,4-7H2,1-3H3. The molecule has 0 aromatic carbocycles. The highest BCUT2D eigenvalue weighted by Gasteiger charge is 2.35. The molecule has 0 spiro atoms. The van der Waals surface area contributed by atoms with Gasteiger partial charge >= 0.3 is 0 Å². The van der Waals surface area contributed by atoms with E-state index in [-0.39, 0.29) is 11.3 Å². The van der Waals surface area contributed by atoms with E-state index >= 15 is 0 Å². The van der Waals surface area contributed by atoms with Gasteiger partial charge in [0.1, 0.15) is 12.3 Å². The predicted octanol–water partition coefficient (Wildman–Crippen LogP) is 3.90. The lowest BCUT2D eigenvalue weighted by Gasteiger charge is -2.33. The molecule has 0 amide bonds. The van der Waals surface area contributed by atoms with Crippen molar-refractivity contribution in [2.75, 3.05) is 0 Å². The van der Waals surface area contributed by atoms with Crippen LogP contribution in [-0.4, -0.2) is 12.3 Å². The molecule has 0 aromatic heterocycles. The summed E-state index contributed by atoms with van der Waals surface area (Å²) in [5.74, 6) is -0.0521. The molecule has 3 atom stereocenters. The lowest BCUT2D eigenvalue weighted by atomic mass is 9.76. The summed E-state index contributed by atoms with van der Waals surface area (Å²) < 4.78 is 26.4. The first-order valence-electron chi connectivity index (χ1n) is 5.18. The van der Waals surface area contributed by atoms with Crippen LogP contribution >= 0.6 is 0 Å². The van der Waals surface area contributed by atoms with Gasteiger partial charge in [-0.25, -0.2) is 8.78 Å². The van der Waals surface area contributed by atoms with Gasteiger partial charge in [-0.2, -0.15) is 0 Å². The Balaban J connectivity index is 2.49. The van der Waals surface area contributed by atoms with Gasteiger partial charge in [-0.05, 0) is 30.6 Å². The average molecular weight is 190 g/mol. The maximum atomic E-state index is 13.4. The summed E-state index contributed by atoms with van der Waals surface area (Å²) >= 11 is 0. The molecule has 0 radical (unpaired) electrons. The van der Waals surface area contributed by atoms with Crippen LogP contribution in [0.4, 0.5) is 8.78 Å². The third-order valence-electron chi connectivity index (χ3n) is 2.73. The second-order valence-electron chi connectivity index (χ2n) is 5.42. The maximum Gasteiger partial charge on any atom is 0.134 e. The molecule has 1 saturated carbocycles. The summed E-state index contributed by atoms with van der Waals surface area (Å²) in [5.41, 5.74) is 0.117. The van der Waals surface area contributed by atoms with Crippen LogP contribution in [0, 0.1) is 11.3 Å². The van der Waals surface area contributed by atoms with E-state index < -0.39 is 12.3 Å². The zero-order valence-corrected chi connectivity index (χ0v) is 8.82. The van der Waals surface area contributed by atoms with Crippen molar-refractivity contribution in [3.8, 4) is 0 Å². The van der Waals surface area contributed by atoms with Gasteiger partial charge in [0.2, 0.25) is 0 Å². The molecule has 1 fully saturated rings. The molecule has 0 heterocycles. The highest BCUT2D eigenvalue weighted by Crippen LogP contribution is 2.37. The van der Waals surface area contributed by atoms with Crippen LogP contribution in [0.5, 0.6) is 0 Å². The Morgan fingerprint density at radius 1 is 1.15 bits per heavy atom. The van der Waals surface area contributed by atoms with Crippen LogP contribution in [0.15, 0.2) is 0 Å². The summed E-state index contributed by atoms with van der Waals surface area (Å²) in [6.45, 7) is 6.25. The minimum Gasteiger partial charge on any atom is -0.244 e. The quantitative estimate of drug-likeness (QED) is 0.588. The Labute approximate surface area is 79.7 Å². The highest BCUT2D eigenvalue weighted by molar-refractivity contribution is 4.84. The van der Waals surface area contributed by atoms with E-state index in [1.165, 1.54) is 0 Å². The first-order chi connectivity index (χ1) is 5.90. The third-order valence-corrected chi connectivity index (χ3v) is 2.73. The van der Waals surface area contributed by atoms with Crippen molar-refractivity contribution in [2.45, 2.75) is 58.8 Å². The van der Waals surface area contributed by atoms with Gasteiger partial charge in [-0.15, -0.1) is 0 Å². The van der Waals surface area contributed by atoms with E-state index in [2.05, 4.69) is 20.8 Å². The van der Waals surface area contributed by atoms with E-state index in [0.29, 0.717) is 6.42 Å². The Kier molecular flexibility index (Phi) is 3.31. The van der Waals surface area contributed by atoms with E-state index in [0.717, 1.165) is 19.3 Å². The summed E-state index contributed by atoms with van der Waals surface area (Å²) in [7, 11) is 0. The molecule has 0 nitrogen and oxygen atoms in total. The van der Waals surface area contributed by atoms with Gasteiger partial charge in [0.15, 0.2) is 0 Å². The van der Waals surface area contributed by atoms with Crippen LogP contribution in [0.2, 0.25) is 0 Å². The molecule has 78 valence electrons. The van der Waals surface area contributed by atoms with Crippen LogP contribution in [0.25, 0.3) is 0 Å². The van der Waals surface area contributed by atoms with Crippen LogP contribution in [0.1, 0.15) is 46.5 Å². The molecule has 0 aromatic rings. The molecular formula is C11H20F2. The lowest BCUT2D eigenvalue weighted by Crippen LogP contribution is -2.33. The predicted molar refractivity (Wildman–Crippen MR) is 51.2 cm³/mol. The Morgan fingerprint density at radius 2 is 1.77 bits per heavy atom. The Bertz CT molecular complexity index is 160. The molecular weight excluding hydrogens is 170 g/mol. The van der Waals surface area contributed by atoms with Gasteiger partial charge in [-0.3, -0.25) is 0 Å². The summed E-state index contributed by atoms with van der Waals surface area (Å²) in [5, 5.41) is 0. The molecule has 2 heteroatoms. The minimum atomic E-state index is -1.21. The monoisotopic (exact) mass is 190 g/mol. The van der Waals surface area contributed by atoms with Gasteiger partial charge in [-0.1, -0.05) is 27.2 Å². The van der Waals surface area contributed by atoms with E-state index in [1.807, 2.05) is 0 Å². The van der Waals surface area contributed by atoms with Crippen LogP contribution in [0.3, 0.4) is 0 Å². The first kappa shape index (κ1) is 10.9. The van der Waals surface area contributed by atoms with E-state index in [9.17, 15) is 8.78 Å². The molecule has 0 N–H and O–H groups in total. The molecule has 1 aliphatic carbocycles. The fourth-order valence-corrected chi connectivity index (χ4v) is 2.19. The minimum absolute atomic E-state index is 0.0521. The maximum absolute atomic E-state index is 13.4. The zero-order chi connectivity index (χ0) is 10.1. The van der Waals surface area contributed by atoms with Crippen LogP contribution in [-0.2, 0) is 0 Å². The number of rotatable bonds is 1. The number of hydrogen-bond donors (Lipinski definition) is 0. The highest BCUT2D eigenvalue weighted by atomic mass is 19.2. The molecule has 0 bridgehead atoms. The molecule has 3 unspecified atom stereocenters. The van der Waals surface area contributed by atoms with Gasteiger partial charge < -0.3 is 0 Å². The van der Waals surface area contributed by atoms with Crippen molar-refractivity contribution in [3.05, 3.63) is 0 Å². The smallest absolute Gasteiger partial charge is 0.134 e. The van der Waals surface area contributed by atoms with E-state index in [4.69, 9.17) is 0 Å². The Hall–Kier alpha value is -0.140. The molecule has 13 heavy (non-hydrogen) atoms. The normalized spacial score (nSPS) is 36.2. The average Bonchev–Trinajstić information content (AvgIpc) is 1.96. The second-order valence-corrected chi connectivity index (χ2v) is 5.42. The van der Waals surface area contributed by atoms with Crippen molar-refractivity contribution in [3.63, 3.8) is 0 Å². The zero-order valence-electron chi connectivity index (χ0n) is 8.82. The number of hydrogen-bond acceptors (Lipinski definition) is 0. The molecule has 0 saturated heterocycles. The van der Waals surface area contributed by atoms with Crippen molar-refractivity contribution in [1.82, 2.24) is 0 Å². The van der Waals surface area contributed by atoms with Crippen molar-refractivity contribution < 1.29 is 8.78 Å². The summed E-state index contributed by atoms with van der Waals surface area (Å²) in [6, 6.07) is 0. The third kappa shape index (κ3) is 3.24. The summed E-state index contributed by atoms with van der Waals surface area (Å²) in [4.78, 5) is 0. The number of halogens is 2. The molecule has 1 rings (SSSR count). The second kappa shape index (κ2) is 3.93. The SMILES string of the molecule is CC(C)(C)CC1CCCC(F)C1F. The molecule has 0 aliphatic heterocycles. The lowest BCUT2D eigenvalue weighted by molar-refractivity contribution is 0.0462. The van der Waals surface area contributed by atoms with Gasteiger partial charge in [0.25, 0.3) is 0 Å². The van der Waals surface area contributed by atoms with Crippen molar-refractivity contribution in [1.29, 1.82) is 0 Å². The fraction of sp³-hybridized carbons (Fsp3) is 1.00. The van der Waals surface area contributed by atoms with Crippen molar-refractivity contribution >= 4 is 0 Å². The fourth-order valence-electron chi connectivity index (χ4n) is 2.19. The number of alkyl halides is 2. The van der Waals surface area contributed by atoms with E-state index in [1.54, 1.807) is 0 Å². The Morgan fingerprint density at radius 3 is 2.31 bits per heavy atom. The molecule has 1 aliphatic rings.